The maximum atomic E-state index is 12.0. The van der Waals surface area contributed by atoms with Crippen LogP contribution in [0.2, 0.25) is 0 Å². The van der Waals surface area contributed by atoms with Crippen molar-refractivity contribution in [3.8, 4) is 0 Å². The van der Waals surface area contributed by atoms with Crippen molar-refractivity contribution in [2.75, 3.05) is 6.54 Å². The van der Waals surface area contributed by atoms with E-state index in [4.69, 9.17) is 0 Å². The first-order chi connectivity index (χ1) is 10.3. The van der Waals surface area contributed by atoms with Gasteiger partial charge in [-0.1, -0.05) is 36.4 Å². The summed E-state index contributed by atoms with van der Waals surface area (Å²) in [5.41, 5.74) is 3.57. The third kappa shape index (κ3) is 2.03. The fraction of sp³-hybridized carbons (Fsp3) is 0.0556. The van der Waals surface area contributed by atoms with Gasteiger partial charge in [-0.2, -0.15) is 4.58 Å². The summed E-state index contributed by atoms with van der Waals surface area (Å²) in [5, 5.41) is 1.12. The van der Waals surface area contributed by atoms with Gasteiger partial charge in [0.25, 0.3) is 0 Å². The zero-order valence-electron chi connectivity index (χ0n) is 11.4. The topological polar surface area (TPSA) is 33.0 Å². The molecule has 0 radical (unpaired) electrons. The molecule has 3 heteroatoms. The molecule has 0 N–H and O–H groups in total. The summed E-state index contributed by atoms with van der Waals surface area (Å²) in [6.07, 6.45) is 1.94. The highest BCUT2D eigenvalue weighted by Gasteiger charge is 2.30. The summed E-state index contributed by atoms with van der Waals surface area (Å²) in [7, 11) is 0. The van der Waals surface area contributed by atoms with Gasteiger partial charge < -0.3 is 0 Å². The SMILES string of the molecule is O=C1C[N+](=Cc2ccc3ccccc3n2)c2ccccc21. The Bertz CT molecular complexity index is 896. The molecule has 1 aliphatic heterocycles. The van der Waals surface area contributed by atoms with E-state index < -0.39 is 0 Å². The van der Waals surface area contributed by atoms with Crippen molar-refractivity contribution in [2.24, 2.45) is 0 Å². The van der Waals surface area contributed by atoms with E-state index in [0.29, 0.717) is 6.54 Å². The molecule has 0 fully saturated rings. The number of benzene rings is 2. The van der Waals surface area contributed by atoms with Crippen molar-refractivity contribution in [1.82, 2.24) is 4.98 Å². The Labute approximate surface area is 122 Å². The third-order valence-corrected chi connectivity index (χ3v) is 3.74. The number of ketones is 1. The van der Waals surface area contributed by atoms with Crippen LogP contribution in [0.5, 0.6) is 0 Å². The van der Waals surface area contributed by atoms with Gasteiger partial charge in [-0.15, -0.1) is 0 Å². The average molecular weight is 273 g/mol. The molecule has 0 unspecified atom stereocenters. The molecule has 0 atom stereocenters. The zero-order valence-corrected chi connectivity index (χ0v) is 11.4. The second kappa shape index (κ2) is 4.63. The van der Waals surface area contributed by atoms with E-state index in [-0.39, 0.29) is 5.78 Å². The standard InChI is InChI=1S/C18H13N2O/c21-18-12-20(17-8-4-2-6-15(17)18)11-14-10-9-13-5-1-3-7-16(13)19-14/h1-11H,12H2/q+1. The predicted molar refractivity (Wildman–Crippen MR) is 82.5 cm³/mol. The normalized spacial score (nSPS) is 15.6. The summed E-state index contributed by atoms with van der Waals surface area (Å²) in [6.45, 7) is 0.383. The molecule has 0 aliphatic carbocycles. The van der Waals surface area contributed by atoms with Crippen LogP contribution in [0.15, 0.2) is 60.7 Å². The molecule has 0 saturated carbocycles. The number of Topliss-reactive ketones (excluding diaryl/α,β-unsaturated/α-hetero) is 1. The molecule has 3 nitrogen and oxygen atoms in total. The molecule has 0 saturated heterocycles. The fourth-order valence-corrected chi connectivity index (χ4v) is 2.71. The molecule has 100 valence electrons. The molecule has 2 heterocycles. The molecule has 0 bridgehead atoms. The fourth-order valence-electron chi connectivity index (χ4n) is 2.71. The second-order valence-electron chi connectivity index (χ2n) is 5.13. The molecule has 3 aromatic rings. The number of rotatable bonds is 1. The van der Waals surface area contributed by atoms with Crippen LogP contribution in [-0.2, 0) is 0 Å². The van der Waals surface area contributed by atoms with Gasteiger partial charge in [0.05, 0.1) is 11.1 Å². The van der Waals surface area contributed by atoms with Gasteiger partial charge in [-0.05, 0) is 18.2 Å². The Morgan fingerprint density at radius 1 is 0.952 bits per heavy atom. The Morgan fingerprint density at radius 2 is 1.76 bits per heavy atom. The van der Waals surface area contributed by atoms with E-state index in [0.717, 1.165) is 27.8 Å². The maximum Gasteiger partial charge on any atom is 0.234 e. The van der Waals surface area contributed by atoms with Gasteiger partial charge >= 0.3 is 0 Å². The van der Waals surface area contributed by atoms with Gasteiger partial charge in [0, 0.05) is 11.5 Å². The maximum absolute atomic E-state index is 12.0. The Hall–Kier alpha value is -2.81. The van der Waals surface area contributed by atoms with Gasteiger partial charge in [0.2, 0.25) is 18.0 Å². The zero-order chi connectivity index (χ0) is 14.2. The Balaban J connectivity index is 1.82. The molecule has 1 aromatic heterocycles. The van der Waals surface area contributed by atoms with Crippen molar-refractivity contribution in [3.63, 3.8) is 0 Å². The van der Waals surface area contributed by atoms with Crippen LogP contribution in [-0.4, -0.2) is 28.1 Å². The number of aromatic nitrogens is 1. The largest absolute Gasteiger partial charge is 0.287 e. The lowest BCUT2D eigenvalue weighted by Gasteiger charge is -1.98. The average Bonchev–Trinajstić information content (AvgIpc) is 2.84. The minimum atomic E-state index is 0.155. The molecule has 21 heavy (non-hydrogen) atoms. The summed E-state index contributed by atoms with van der Waals surface area (Å²) >= 11 is 0. The lowest BCUT2D eigenvalue weighted by Crippen LogP contribution is -2.09. The first kappa shape index (κ1) is 12.0. The lowest BCUT2D eigenvalue weighted by atomic mass is 10.1. The number of pyridine rings is 1. The van der Waals surface area contributed by atoms with Gasteiger partial charge in [0.15, 0.2) is 6.21 Å². The number of hydrogen-bond acceptors (Lipinski definition) is 2. The minimum Gasteiger partial charge on any atom is -0.287 e. The van der Waals surface area contributed by atoms with Crippen LogP contribution in [0.1, 0.15) is 16.1 Å². The first-order valence-corrected chi connectivity index (χ1v) is 6.91. The molecule has 4 rings (SSSR count). The minimum absolute atomic E-state index is 0.155. The van der Waals surface area contributed by atoms with Crippen molar-refractivity contribution in [2.45, 2.75) is 0 Å². The molecule has 0 amide bonds. The van der Waals surface area contributed by atoms with E-state index in [2.05, 4.69) is 11.1 Å². The Kier molecular flexibility index (Phi) is 2.64. The monoisotopic (exact) mass is 273 g/mol. The molecular formula is C18H13N2O+. The van der Waals surface area contributed by atoms with Crippen LogP contribution in [0, 0.1) is 0 Å². The van der Waals surface area contributed by atoms with Crippen LogP contribution in [0.25, 0.3) is 10.9 Å². The summed E-state index contributed by atoms with van der Waals surface area (Å²) in [4.78, 5) is 16.6. The molecule has 2 aromatic carbocycles. The van der Waals surface area contributed by atoms with Crippen LogP contribution < -0.4 is 0 Å². The van der Waals surface area contributed by atoms with Gasteiger partial charge in [-0.3, -0.25) is 4.79 Å². The van der Waals surface area contributed by atoms with Crippen LogP contribution >= 0.6 is 0 Å². The van der Waals surface area contributed by atoms with E-state index in [1.165, 1.54) is 0 Å². The lowest BCUT2D eigenvalue weighted by molar-refractivity contribution is -0.413. The Morgan fingerprint density at radius 3 is 2.71 bits per heavy atom. The summed E-state index contributed by atoms with van der Waals surface area (Å²) in [6, 6.07) is 19.7. The number of carbonyl (C=O) groups excluding carboxylic acids is 1. The number of fused-ring (bicyclic) bond motifs is 2. The third-order valence-electron chi connectivity index (χ3n) is 3.74. The highest BCUT2D eigenvalue weighted by atomic mass is 16.1. The van der Waals surface area contributed by atoms with Crippen molar-refractivity contribution < 1.29 is 9.37 Å². The van der Waals surface area contributed by atoms with Crippen molar-refractivity contribution >= 4 is 28.6 Å². The molecule has 0 spiro atoms. The first-order valence-electron chi connectivity index (χ1n) is 6.91. The number of para-hydroxylation sites is 2. The van der Waals surface area contributed by atoms with Crippen LogP contribution in [0.3, 0.4) is 0 Å². The second-order valence-corrected chi connectivity index (χ2v) is 5.13. The van der Waals surface area contributed by atoms with Crippen molar-refractivity contribution in [3.05, 3.63) is 71.9 Å². The van der Waals surface area contributed by atoms with E-state index in [9.17, 15) is 4.79 Å². The molecular weight excluding hydrogens is 260 g/mol. The van der Waals surface area contributed by atoms with Crippen molar-refractivity contribution in [1.29, 1.82) is 0 Å². The highest BCUT2D eigenvalue weighted by molar-refractivity contribution is 6.03. The van der Waals surface area contributed by atoms with Crippen LogP contribution in [0.4, 0.5) is 5.69 Å². The van der Waals surface area contributed by atoms with E-state index >= 15 is 0 Å². The highest BCUT2D eigenvalue weighted by Crippen LogP contribution is 2.25. The predicted octanol–water partition coefficient (Wildman–Crippen LogP) is 3.19. The summed E-state index contributed by atoms with van der Waals surface area (Å²) < 4.78 is 1.97. The van der Waals surface area contributed by atoms with E-state index in [1.807, 2.05) is 65.4 Å². The van der Waals surface area contributed by atoms with E-state index in [1.54, 1.807) is 0 Å². The quantitative estimate of drug-likeness (QED) is 0.638. The number of carbonyl (C=O) groups is 1. The number of nitrogens with zero attached hydrogens (tertiary/aromatic N) is 2. The van der Waals surface area contributed by atoms with Gasteiger partial charge in [0.1, 0.15) is 5.69 Å². The smallest absolute Gasteiger partial charge is 0.234 e. The van der Waals surface area contributed by atoms with Gasteiger partial charge in [-0.25, -0.2) is 4.98 Å². The molecule has 1 aliphatic rings. The summed E-state index contributed by atoms with van der Waals surface area (Å²) in [5.74, 6) is 0.155. The number of hydrogen-bond donors (Lipinski definition) is 0.